The first-order valence-corrected chi connectivity index (χ1v) is 11.3. The zero-order valence-electron chi connectivity index (χ0n) is 18.6. The van der Waals surface area contributed by atoms with Gasteiger partial charge < -0.3 is 15.2 Å². The molecule has 33 heavy (non-hydrogen) atoms. The van der Waals surface area contributed by atoms with Crippen LogP contribution in [0.4, 0.5) is 11.8 Å². The monoisotopic (exact) mass is 485 g/mol. The lowest BCUT2D eigenvalue weighted by molar-refractivity contribution is 0.298. The number of fused-ring (bicyclic) bond motifs is 4. The van der Waals surface area contributed by atoms with Gasteiger partial charge in [0.05, 0.1) is 11.7 Å². The summed E-state index contributed by atoms with van der Waals surface area (Å²) >= 11 is 0. The molecule has 2 aliphatic rings. The van der Waals surface area contributed by atoms with Crippen molar-refractivity contribution in [1.29, 1.82) is 0 Å². The van der Waals surface area contributed by atoms with E-state index in [1.54, 1.807) is 0 Å². The van der Waals surface area contributed by atoms with Crippen molar-refractivity contribution in [3.05, 3.63) is 48.0 Å². The van der Waals surface area contributed by atoms with Crippen molar-refractivity contribution in [2.75, 3.05) is 11.9 Å². The van der Waals surface area contributed by atoms with Gasteiger partial charge in [-0.15, -0.1) is 24.8 Å². The summed E-state index contributed by atoms with van der Waals surface area (Å²) in [5.74, 6) is 2.20. The van der Waals surface area contributed by atoms with Gasteiger partial charge in [-0.25, -0.2) is 9.97 Å². The van der Waals surface area contributed by atoms with E-state index in [4.69, 9.17) is 4.98 Å². The molecule has 4 aromatic rings. The van der Waals surface area contributed by atoms with Crippen LogP contribution in [0.2, 0.25) is 0 Å². The first-order valence-electron chi connectivity index (χ1n) is 11.3. The Labute approximate surface area is 205 Å². The first-order chi connectivity index (χ1) is 15.3. The molecule has 5 heterocycles. The highest BCUT2D eigenvalue weighted by Crippen LogP contribution is 2.38. The van der Waals surface area contributed by atoms with E-state index in [2.05, 4.69) is 49.2 Å². The Morgan fingerprint density at radius 1 is 1.00 bits per heavy atom. The lowest BCUT2D eigenvalue weighted by Crippen LogP contribution is -2.23. The predicted molar refractivity (Wildman–Crippen MR) is 137 cm³/mol. The van der Waals surface area contributed by atoms with Gasteiger partial charge in [0, 0.05) is 41.9 Å². The van der Waals surface area contributed by atoms with Crippen molar-refractivity contribution in [1.82, 2.24) is 29.8 Å². The van der Waals surface area contributed by atoms with Gasteiger partial charge >= 0.3 is 0 Å². The molecule has 4 aromatic heterocycles. The van der Waals surface area contributed by atoms with Crippen molar-refractivity contribution >= 4 is 58.5 Å². The zero-order valence-corrected chi connectivity index (χ0v) is 20.3. The van der Waals surface area contributed by atoms with E-state index in [1.807, 2.05) is 24.8 Å². The number of rotatable bonds is 3. The summed E-state index contributed by atoms with van der Waals surface area (Å²) in [4.78, 5) is 18.6. The average Bonchev–Trinajstić information content (AvgIpc) is 3.13. The number of pyridine rings is 2. The van der Waals surface area contributed by atoms with E-state index in [-0.39, 0.29) is 24.8 Å². The molecule has 0 saturated heterocycles. The van der Waals surface area contributed by atoms with Gasteiger partial charge in [-0.3, -0.25) is 4.98 Å². The quantitative estimate of drug-likeness (QED) is 0.406. The van der Waals surface area contributed by atoms with Crippen molar-refractivity contribution in [3.8, 4) is 0 Å². The fourth-order valence-corrected chi connectivity index (χ4v) is 5.14. The number of halogens is 2. The number of nitrogens with one attached hydrogen (secondary N) is 2. The summed E-state index contributed by atoms with van der Waals surface area (Å²) in [6, 6.07) is 4.67. The molecule has 0 radical (unpaired) electrons. The highest BCUT2D eigenvalue weighted by Gasteiger charge is 2.24. The Hall–Kier alpha value is -2.48. The maximum absolute atomic E-state index is 4.97. The number of hydrogen-bond donors (Lipinski definition) is 2. The molecule has 1 fully saturated rings. The number of anilines is 2. The summed E-state index contributed by atoms with van der Waals surface area (Å²) in [5, 5.41) is 9.00. The minimum atomic E-state index is 0. The first kappa shape index (κ1) is 23.7. The lowest BCUT2D eigenvalue weighted by Gasteiger charge is -2.28. The van der Waals surface area contributed by atoms with Gasteiger partial charge in [-0.1, -0.05) is 6.92 Å². The SMILES string of the molecule is CC1CCC(n2c3cnccc3c3cnc(Nc4cc5c(cn4)CNCC5)nc32)CC1.Cl.Cl. The third-order valence-corrected chi connectivity index (χ3v) is 6.91. The summed E-state index contributed by atoms with van der Waals surface area (Å²) in [6.07, 6.45) is 13.6. The van der Waals surface area contributed by atoms with E-state index in [1.165, 1.54) is 42.2 Å². The topological polar surface area (TPSA) is 80.5 Å². The number of nitrogens with zero attached hydrogens (tertiary/aromatic N) is 5. The van der Waals surface area contributed by atoms with Crippen LogP contribution in [0.25, 0.3) is 21.9 Å². The van der Waals surface area contributed by atoms with E-state index in [9.17, 15) is 0 Å². The number of aromatic nitrogens is 5. The second-order valence-corrected chi connectivity index (χ2v) is 9.00. The molecular weight excluding hydrogens is 457 g/mol. The molecule has 1 aliphatic carbocycles. The highest BCUT2D eigenvalue weighted by molar-refractivity contribution is 6.06. The Morgan fingerprint density at radius 2 is 1.85 bits per heavy atom. The van der Waals surface area contributed by atoms with Gasteiger partial charge in [0.25, 0.3) is 0 Å². The molecule has 0 unspecified atom stereocenters. The van der Waals surface area contributed by atoms with Gasteiger partial charge in [-0.05, 0) is 67.8 Å². The molecule has 0 aromatic carbocycles. The van der Waals surface area contributed by atoms with Crippen LogP contribution >= 0.6 is 24.8 Å². The van der Waals surface area contributed by atoms with Crippen LogP contribution in [-0.4, -0.2) is 31.0 Å². The van der Waals surface area contributed by atoms with Crippen LogP contribution in [0.3, 0.4) is 0 Å². The van der Waals surface area contributed by atoms with Crippen LogP contribution in [-0.2, 0) is 13.0 Å². The normalized spacial score (nSPS) is 20.0. The third kappa shape index (κ3) is 4.37. The van der Waals surface area contributed by atoms with Gasteiger partial charge in [0.2, 0.25) is 5.95 Å². The predicted octanol–water partition coefficient (Wildman–Crippen LogP) is 5.36. The molecule has 0 spiro atoms. The largest absolute Gasteiger partial charge is 0.321 e. The Morgan fingerprint density at radius 3 is 2.70 bits per heavy atom. The third-order valence-electron chi connectivity index (χ3n) is 6.91. The standard InChI is InChI=1S/C24H27N7.2ClH/c1-15-2-4-18(5-3-15)31-21-14-26-9-7-19(21)20-13-28-24(30-23(20)31)29-22-10-16-6-8-25-11-17(16)12-27-22;;/h7,9-10,12-15,18,25H,2-6,8,11H2,1H3,(H,27,28,29,30);2*1H. The molecule has 1 saturated carbocycles. The number of hydrogen-bond acceptors (Lipinski definition) is 6. The highest BCUT2D eigenvalue weighted by atomic mass is 35.5. The molecule has 1 aliphatic heterocycles. The summed E-state index contributed by atoms with van der Waals surface area (Å²) in [6.45, 7) is 4.25. The zero-order chi connectivity index (χ0) is 20.8. The molecule has 2 N–H and O–H groups in total. The minimum absolute atomic E-state index is 0. The molecular formula is C24H29Cl2N7. The Balaban J connectivity index is 0.00000130. The molecule has 174 valence electrons. The van der Waals surface area contributed by atoms with E-state index < -0.39 is 0 Å². The van der Waals surface area contributed by atoms with Crippen molar-refractivity contribution in [3.63, 3.8) is 0 Å². The van der Waals surface area contributed by atoms with Crippen molar-refractivity contribution < 1.29 is 0 Å². The fourth-order valence-electron chi connectivity index (χ4n) is 5.14. The van der Waals surface area contributed by atoms with Gasteiger partial charge in [0.1, 0.15) is 11.5 Å². The molecule has 0 atom stereocenters. The molecule has 7 nitrogen and oxygen atoms in total. The Bertz CT molecular complexity index is 1260. The maximum atomic E-state index is 4.97. The van der Waals surface area contributed by atoms with E-state index >= 15 is 0 Å². The maximum Gasteiger partial charge on any atom is 0.230 e. The van der Waals surface area contributed by atoms with Crippen LogP contribution < -0.4 is 10.6 Å². The van der Waals surface area contributed by atoms with Crippen LogP contribution in [0.15, 0.2) is 36.9 Å². The Kier molecular flexibility index (Phi) is 7.02. The summed E-state index contributed by atoms with van der Waals surface area (Å²) in [7, 11) is 0. The van der Waals surface area contributed by atoms with Crippen molar-refractivity contribution in [2.45, 2.75) is 51.6 Å². The average molecular weight is 486 g/mol. The lowest BCUT2D eigenvalue weighted by atomic mass is 9.87. The van der Waals surface area contributed by atoms with Gasteiger partial charge in [-0.2, -0.15) is 4.98 Å². The smallest absolute Gasteiger partial charge is 0.230 e. The fraction of sp³-hybridized carbons (Fsp3) is 0.417. The van der Waals surface area contributed by atoms with E-state index in [0.29, 0.717) is 12.0 Å². The molecule has 0 bridgehead atoms. The summed E-state index contributed by atoms with van der Waals surface area (Å²) in [5.41, 5.74) is 4.76. The molecule has 6 rings (SSSR count). The van der Waals surface area contributed by atoms with Crippen LogP contribution in [0.5, 0.6) is 0 Å². The van der Waals surface area contributed by atoms with Crippen LogP contribution in [0.1, 0.15) is 49.8 Å². The van der Waals surface area contributed by atoms with Gasteiger partial charge in [0.15, 0.2) is 0 Å². The second-order valence-electron chi connectivity index (χ2n) is 9.00. The van der Waals surface area contributed by atoms with Crippen molar-refractivity contribution in [2.24, 2.45) is 5.92 Å². The molecule has 0 amide bonds. The molecule has 9 heteroatoms. The minimum Gasteiger partial charge on any atom is -0.321 e. The van der Waals surface area contributed by atoms with Crippen LogP contribution in [0, 0.1) is 5.92 Å². The van der Waals surface area contributed by atoms with E-state index in [0.717, 1.165) is 47.8 Å². The second kappa shape index (κ2) is 9.79. The summed E-state index contributed by atoms with van der Waals surface area (Å²) < 4.78 is 2.41.